The van der Waals surface area contributed by atoms with Crippen molar-refractivity contribution in [3.8, 4) is 11.5 Å². The number of carbonyl (C=O) groups excluding carboxylic acids is 2. The Morgan fingerprint density at radius 3 is 2.45 bits per heavy atom. The number of methoxy groups -OCH3 is 2. The predicted octanol–water partition coefficient (Wildman–Crippen LogP) is 3.81. The Kier molecular flexibility index (Phi) is 6.26. The van der Waals surface area contributed by atoms with Crippen molar-refractivity contribution >= 4 is 17.5 Å². The number of allylic oxidation sites excluding steroid dienone is 2. The molecule has 0 saturated carbocycles. The van der Waals surface area contributed by atoms with Gasteiger partial charge in [-0.15, -0.1) is 0 Å². The zero-order valence-electron chi connectivity index (χ0n) is 18.0. The molecule has 31 heavy (non-hydrogen) atoms. The van der Waals surface area contributed by atoms with Crippen LogP contribution in [-0.2, 0) is 22.6 Å². The molecule has 2 amide bonds. The first-order valence-corrected chi connectivity index (χ1v) is 10.6. The van der Waals surface area contributed by atoms with Crippen LogP contribution in [0.1, 0.15) is 24.0 Å². The van der Waals surface area contributed by atoms with Crippen LogP contribution in [0.4, 0.5) is 5.69 Å². The summed E-state index contributed by atoms with van der Waals surface area (Å²) < 4.78 is 10.6. The average Bonchev–Trinajstić information content (AvgIpc) is 2.83. The van der Waals surface area contributed by atoms with Gasteiger partial charge in [0.2, 0.25) is 11.8 Å². The minimum atomic E-state index is -0.425. The summed E-state index contributed by atoms with van der Waals surface area (Å²) in [6.07, 6.45) is 5.96. The summed E-state index contributed by atoms with van der Waals surface area (Å²) in [6.45, 7) is 1.29. The SMILES string of the molecule is COc1ccc(OC)c(NC(=O)C2CC=CCC2C(=O)N2CCc3ccccc3C2)c1. The van der Waals surface area contributed by atoms with Crippen molar-refractivity contribution in [3.05, 3.63) is 65.7 Å². The third-order valence-electron chi connectivity index (χ3n) is 6.19. The molecule has 0 fully saturated rings. The zero-order chi connectivity index (χ0) is 21.8. The zero-order valence-corrected chi connectivity index (χ0v) is 18.0. The van der Waals surface area contributed by atoms with Crippen LogP contribution in [0.3, 0.4) is 0 Å². The Labute approximate surface area is 182 Å². The third kappa shape index (κ3) is 4.43. The van der Waals surface area contributed by atoms with Crippen molar-refractivity contribution in [1.82, 2.24) is 4.90 Å². The van der Waals surface area contributed by atoms with Gasteiger partial charge in [0.25, 0.3) is 0 Å². The Balaban J connectivity index is 1.51. The lowest BCUT2D eigenvalue weighted by Crippen LogP contribution is -2.45. The second-order valence-electron chi connectivity index (χ2n) is 7.99. The van der Waals surface area contributed by atoms with Crippen molar-refractivity contribution < 1.29 is 19.1 Å². The van der Waals surface area contributed by atoms with Gasteiger partial charge in [-0.25, -0.2) is 0 Å². The predicted molar refractivity (Wildman–Crippen MR) is 119 cm³/mol. The number of carbonyl (C=O) groups is 2. The summed E-state index contributed by atoms with van der Waals surface area (Å²) in [6, 6.07) is 13.5. The number of hydrogen-bond acceptors (Lipinski definition) is 4. The molecule has 4 rings (SSSR count). The number of ether oxygens (including phenoxy) is 2. The molecule has 1 N–H and O–H groups in total. The minimum absolute atomic E-state index is 0.0524. The molecule has 2 aromatic carbocycles. The fourth-order valence-electron chi connectivity index (χ4n) is 4.43. The number of nitrogens with zero attached hydrogens (tertiary/aromatic N) is 1. The van der Waals surface area contributed by atoms with Crippen LogP contribution in [0.15, 0.2) is 54.6 Å². The summed E-state index contributed by atoms with van der Waals surface area (Å²) in [7, 11) is 3.13. The van der Waals surface area contributed by atoms with E-state index in [1.165, 1.54) is 11.1 Å². The quantitative estimate of drug-likeness (QED) is 0.747. The average molecular weight is 421 g/mol. The van der Waals surface area contributed by atoms with Crippen molar-refractivity contribution in [2.45, 2.75) is 25.8 Å². The molecule has 0 aromatic heterocycles. The normalized spacial score (nSPS) is 20.0. The molecular formula is C25H28N2O4. The second kappa shape index (κ2) is 9.25. The molecule has 2 unspecified atom stereocenters. The topological polar surface area (TPSA) is 67.9 Å². The van der Waals surface area contributed by atoms with E-state index in [9.17, 15) is 9.59 Å². The van der Waals surface area contributed by atoms with E-state index in [2.05, 4.69) is 17.4 Å². The number of fused-ring (bicyclic) bond motifs is 1. The summed E-state index contributed by atoms with van der Waals surface area (Å²) in [4.78, 5) is 28.5. The summed E-state index contributed by atoms with van der Waals surface area (Å²) in [5.41, 5.74) is 3.03. The molecule has 6 heteroatoms. The molecule has 1 aliphatic heterocycles. The van der Waals surface area contributed by atoms with E-state index in [4.69, 9.17) is 9.47 Å². The van der Waals surface area contributed by atoms with Gasteiger partial charge in [0.1, 0.15) is 11.5 Å². The molecule has 2 atom stereocenters. The first kappa shape index (κ1) is 21.0. The number of benzene rings is 2. The van der Waals surface area contributed by atoms with Crippen LogP contribution >= 0.6 is 0 Å². The molecule has 0 radical (unpaired) electrons. The third-order valence-corrected chi connectivity index (χ3v) is 6.19. The first-order valence-electron chi connectivity index (χ1n) is 10.6. The molecule has 2 aromatic rings. The van der Waals surface area contributed by atoms with Crippen LogP contribution < -0.4 is 14.8 Å². The summed E-state index contributed by atoms with van der Waals surface area (Å²) in [5, 5.41) is 2.96. The highest BCUT2D eigenvalue weighted by Gasteiger charge is 2.37. The maximum atomic E-state index is 13.4. The van der Waals surface area contributed by atoms with Gasteiger partial charge >= 0.3 is 0 Å². The van der Waals surface area contributed by atoms with Crippen LogP contribution in [-0.4, -0.2) is 37.5 Å². The Morgan fingerprint density at radius 2 is 1.71 bits per heavy atom. The van der Waals surface area contributed by atoms with Crippen LogP contribution in [0.25, 0.3) is 0 Å². The first-order chi connectivity index (χ1) is 15.1. The van der Waals surface area contributed by atoms with E-state index in [0.29, 0.717) is 43.1 Å². The van der Waals surface area contributed by atoms with Gasteiger partial charge in [0.05, 0.1) is 31.7 Å². The maximum absolute atomic E-state index is 13.4. The second-order valence-corrected chi connectivity index (χ2v) is 7.99. The highest BCUT2D eigenvalue weighted by Crippen LogP contribution is 2.33. The number of anilines is 1. The van der Waals surface area contributed by atoms with E-state index in [1.54, 1.807) is 32.4 Å². The van der Waals surface area contributed by atoms with E-state index in [-0.39, 0.29) is 17.7 Å². The van der Waals surface area contributed by atoms with Gasteiger partial charge in [-0.05, 0) is 42.5 Å². The van der Waals surface area contributed by atoms with E-state index in [1.807, 2.05) is 29.2 Å². The number of nitrogens with one attached hydrogen (secondary N) is 1. The standard InChI is InChI=1S/C25H28N2O4/c1-30-19-11-12-23(31-2)22(15-19)26-24(28)20-9-5-6-10-21(20)25(29)27-14-13-17-7-3-4-8-18(17)16-27/h3-8,11-12,15,20-21H,9-10,13-14,16H2,1-2H3,(H,26,28). The van der Waals surface area contributed by atoms with Gasteiger partial charge in [0.15, 0.2) is 0 Å². The molecule has 162 valence electrons. The molecular weight excluding hydrogens is 392 g/mol. The number of rotatable bonds is 5. The molecule has 0 bridgehead atoms. The molecule has 1 aliphatic carbocycles. The lowest BCUT2D eigenvalue weighted by molar-refractivity contribution is -0.141. The summed E-state index contributed by atoms with van der Waals surface area (Å²) in [5.74, 6) is 0.260. The minimum Gasteiger partial charge on any atom is -0.497 e. The van der Waals surface area contributed by atoms with Gasteiger partial charge in [0, 0.05) is 19.2 Å². The fraction of sp³-hybridized carbons (Fsp3) is 0.360. The van der Waals surface area contributed by atoms with Crippen LogP contribution in [0.5, 0.6) is 11.5 Å². The lowest BCUT2D eigenvalue weighted by Gasteiger charge is -2.35. The molecule has 2 aliphatic rings. The van der Waals surface area contributed by atoms with E-state index < -0.39 is 5.92 Å². The van der Waals surface area contributed by atoms with Crippen molar-refractivity contribution in [1.29, 1.82) is 0 Å². The number of amides is 2. The molecule has 0 saturated heterocycles. The Bertz CT molecular complexity index is 1000. The number of hydrogen-bond donors (Lipinski definition) is 1. The largest absolute Gasteiger partial charge is 0.497 e. The summed E-state index contributed by atoms with van der Waals surface area (Å²) >= 11 is 0. The maximum Gasteiger partial charge on any atom is 0.228 e. The highest BCUT2D eigenvalue weighted by molar-refractivity contribution is 5.97. The Hall–Kier alpha value is -3.28. The fourth-order valence-corrected chi connectivity index (χ4v) is 4.43. The van der Waals surface area contributed by atoms with Gasteiger partial charge in [-0.3, -0.25) is 9.59 Å². The van der Waals surface area contributed by atoms with Crippen molar-refractivity contribution in [2.75, 3.05) is 26.1 Å². The molecule has 6 nitrogen and oxygen atoms in total. The van der Waals surface area contributed by atoms with Crippen LogP contribution in [0.2, 0.25) is 0 Å². The van der Waals surface area contributed by atoms with E-state index in [0.717, 1.165) is 6.42 Å². The Morgan fingerprint density at radius 1 is 0.968 bits per heavy atom. The van der Waals surface area contributed by atoms with Gasteiger partial charge < -0.3 is 19.7 Å². The van der Waals surface area contributed by atoms with Gasteiger partial charge in [-0.1, -0.05) is 36.4 Å². The van der Waals surface area contributed by atoms with Crippen molar-refractivity contribution in [3.63, 3.8) is 0 Å². The highest BCUT2D eigenvalue weighted by atomic mass is 16.5. The monoisotopic (exact) mass is 420 g/mol. The lowest BCUT2D eigenvalue weighted by atomic mass is 9.81. The van der Waals surface area contributed by atoms with E-state index >= 15 is 0 Å². The van der Waals surface area contributed by atoms with Gasteiger partial charge in [-0.2, -0.15) is 0 Å². The van der Waals surface area contributed by atoms with Crippen molar-refractivity contribution in [2.24, 2.45) is 11.8 Å². The molecule has 1 heterocycles. The smallest absolute Gasteiger partial charge is 0.228 e. The van der Waals surface area contributed by atoms with Crippen LogP contribution in [0, 0.1) is 11.8 Å². The molecule has 0 spiro atoms.